The van der Waals surface area contributed by atoms with E-state index in [1.807, 2.05) is 0 Å². The van der Waals surface area contributed by atoms with Gasteiger partial charge in [0.2, 0.25) is 0 Å². The molecule has 192 valence electrons. The standard InChI is InChI=1S/C27H31NO7S/c1-27(2,3)35-26(30)28-15-8-11-23-22(19-14-16-34-17-19)13-12-20(24(23)25(29)33-4)18-36(31,32)21-9-6-5-7-10-21/h5-7,9-10,12-14,16-17H,8,11,15,18H2,1-4H3,(H,28,30). The van der Waals surface area contributed by atoms with Crippen molar-refractivity contribution < 1.29 is 31.9 Å². The number of alkyl carbamates (subject to hydrolysis) is 1. The third-order valence-corrected chi connectivity index (χ3v) is 7.02. The van der Waals surface area contributed by atoms with E-state index >= 15 is 0 Å². The maximum absolute atomic E-state index is 13.1. The Hall–Kier alpha value is -3.59. The first-order valence-electron chi connectivity index (χ1n) is 11.5. The fraction of sp³-hybridized carbons (Fsp3) is 0.333. The second kappa shape index (κ2) is 11.4. The second-order valence-corrected chi connectivity index (χ2v) is 11.2. The Kier molecular flexibility index (Phi) is 8.57. The van der Waals surface area contributed by atoms with Gasteiger partial charge < -0.3 is 19.2 Å². The summed E-state index contributed by atoms with van der Waals surface area (Å²) in [5.74, 6) is -0.996. The zero-order valence-corrected chi connectivity index (χ0v) is 21.7. The zero-order chi connectivity index (χ0) is 26.3. The summed E-state index contributed by atoms with van der Waals surface area (Å²) in [5.41, 5.74) is 2.01. The molecule has 0 radical (unpaired) electrons. The second-order valence-electron chi connectivity index (χ2n) is 9.23. The van der Waals surface area contributed by atoms with Crippen molar-refractivity contribution >= 4 is 21.9 Å². The Bertz CT molecular complexity index is 1290. The van der Waals surface area contributed by atoms with Crippen molar-refractivity contribution in [3.8, 4) is 11.1 Å². The predicted octanol–water partition coefficient (Wildman–Crippen LogP) is 5.16. The van der Waals surface area contributed by atoms with E-state index in [-0.39, 0.29) is 16.2 Å². The largest absolute Gasteiger partial charge is 0.472 e. The summed E-state index contributed by atoms with van der Waals surface area (Å²) < 4.78 is 41.8. The minimum absolute atomic E-state index is 0.169. The molecule has 0 saturated carbocycles. The third kappa shape index (κ3) is 6.97. The average Bonchev–Trinajstić information content (AvgIpc) is 3.35. The highest BCUT2D eigenvalue weighted by molar-refractivity contribution is 7.90. The van der Waals surface area contributed by atoms with E-state index < -0.39 is 27.5 Å². The number of ether oxygens (including phenoxy) is 2. The molecule has 0 atom stereocenters. The number of carbonyl (C=O) groups is 2. The van der Waals surface area contributed by atoms with Crippen molar-refractivity contribution in [2.24, 2.45) is 0 Å². The number of esters is 1. The number of hydrogen-bond donors (Lipinski definition) is 1. The molecule has 1 aromatic heterocycles. The Morgan fingerprint density at radius 1 is 1.03 bits per heavy atom. The van der Waals surface area contributed by atoms with Crippen molar-refractivity contribution in [2.45, 2.75) is 49.9 Å². The van der Waals surface area contributed by atoms with Crippen LogP contribution < -0.4 is 5.32 Å². The molecule has 0 bridgehead atoms. The molecule has 0 aliphatic heterocycles. The fourth-order valence-corrected chi connectivity index (χ4v) is 5.19. The van der Waals surface area contributed by atoms with Crippen LogP contribution in [0.2, 0.25) is 0 Å². The topological polar surface area (TPSA) is 112 Å². The third-order valence-electron chi connectivity index (χ3n) is 5.34. The predicted molar refractivity (Wildman–Crippen MR) is 135 cm³/mol. The van der Waals surface area contributed by atoms with Crippen molar-refractivity contribution in [2.75, 3.05) is 13.7 Å². The highest BCUT2D eigenvalue weighted by Gasteiger charge is 2.25. The summed E-state index contributed by atoms with van der Waals surface area (Å²) in [4.78, 5) is 25.1. The maximum atomic E-state index is 13.1. The van der Waals surface area contributed by atoms with Gasteiger partial charge in [-0.1, -0.05) is 30.3 Å². The van der Waals surface area contributed by atoms with Crippen LogP contribution in [0.3, 0.4) is 0 Å². The number of furan rings is 1. The number of hydrogen-bond acceptors (Lipinski definition) is 7. The first-order chi connectivity index (χ1) is 17.0. The van der Waals surface area contributed by atoms with Crippen molar-refractivity contribution in [3.05, 3.63) is 77.7 Å². The van der Waals surface area contributed by atoms with Gasteiger partial charge in [0.15, 0.2) is 9.84 Å². The Morgan fingerprint density at radius 2 is 1.75 bits per heavy atom. The van der Waals surface area contributed by atoms with E-state index in [1.54, 1.807) is 63.4 Å². The number of amides is 1. The van der Waals surface area contributed by atoms with Crippen molar-refractivity contribution in [3.63, 3.8) is 0 Å². The van der Waals surface area contributed by atoms with Crippen LogP contribution in [0.25, 0.3) is 11.1 Å². The number of methoxy groups -OCH3 is 1. The lowest BCUT2D eigenvalue weighted by Gasteiger charge is -2.20. The van der Waals surface area contributed by atoms with Gasteiger partial charge in [0.1, 0.15) is 5.60 Å². The molecule has 0 aliphatic rings. The molecule has 3 rings (SSSR count). The smallest absolute Gasteiger partial charge is 0.407 e. The summed E-state index contributed by atoms with van der Waals surface area (Å²) in [6, 6.07) is 13.3. The summed E-state index contributed by atoms with van der Waals surface area (Å²) in [6.45, 7) is 5.64. The molecular weight excluding hydrogens is 482 g/mol. The van der Waals surface area contributed by atoms with Crippen LogP contribution in [-0.4, -0.2) is 39.7 Å². The van der Waals surface area contributed by atoms with Crippen LogP contribution in [0.15, 0.2) is 70.4 Å². The van der Waals surface area contributed by atoms with Crippen molar-refractivity contribution in [1.82, 2.24) is 5.32 Å². The molecule has 0 spiro atoms. The highest BCUT2D eigenvalue weighted by Crippen LogP contribution is 2.32. The van der Waals surface area contributed by atoms with Crippen LogP contribution >= 0.6 is 0 Å². The molecular formula is C27H31NO7S. The Balaban J connectivity index is 1.96. The molecule has 9 heteroatoms. The molecule has 36 heavy (non-hydrogen) atoms. The molecule has 8 nitrogen and oxygen atoms in total. The van der Waals surface area contributed by atoms with Gasteiger partial charge in [-0.05, 0) is 68.5 Å². The quantitative estimate of drug-likeness (QED) is 0.310. The lowest BCUT2D eigenvalue weighted by molar-refractivity contribution is 0.0525. The molecule has 2 aromatic carbocycles. The average molecular weight is 514 g/mol. The molecule has 0 unspecified atom stereocenters. The van der Waals surface area contributed by atoms with Crippen LogP contribution in [0.1, 0.15) is 48.7 Å². The SMILES string of the molecule is COC(=O)c1c(CS(=O)(=O)c2ccccc2)ccc(-c2ccoc2)c1CCCNC(=O)OC(C)(C)C. The molecule has 1 heterocycles. The fourth-order valence-electron chi connectivity index (χ4n) is 3.81. The van der Waals surface area contributed by atoms with E-state index in [9.17, 15) is 18.0 Å². The number of carbonyl (C=O) groups excluding carboxylic acids is 2. The lowest BCUT2D eigenvalue weighted by Crippen LogP contribution is -2.33. The van der Waals surface area contributed by atoms with Gasteiger partial charge >= 0.3 is 12.1 Å². The number of sulfone groups is 1. The normalized spacial score (nSPS) is 11.7. The minimum atomic E-state index is -3.71. The molecule has 3 aromatic rings. The van der Waals surface area contributed by atoms with Gasteiger partial charge in [0.05, 0.1) is 35.8 Å². The zero-order valence-electron chi connectivity index (χ0n) is 20.9. The lowest BCUT2D eigenvalue weighted by atomic mass is 9.90. The maximum Gasteiger partial charge on any atom is 0.407 e. The van der Waals surface area contributed by atoms with Gasteiger partial charge in [-0.25, -0.2) is 18.0 Å². The van der Waals surface area contributed by atoms with Crippen LogP contribution in [0.5, 0.6) is 0 Å². The summed E-state index contributed by atoms with van der Waals surface area (Å²) in [6.07, 6.45) is 3.39. The molecule has 0 saturated heterocycles. The monoisotopic (exact) mass is 513 g/mol. The number of benzene rings is 2. The number of rotatable bonds is 9. The van der Waals surface area contributed by atoms with E-state index in [0.29, 0.717) is 30.5 Å². The molecule has 1 N–H and O–H groups in total. The van der Waals surface area contributed by atoms with E-state index in [2.05, 4.69) is 5.32 Å². The first kappa shape index (κ1) is 27.0. The molecule has 1 amide bonds. The summed E-state index contributed by atoms with van der Waals surface area (Å²) in [7, 11) is -2.45. The summed E-state index contributed by atoms with van der Waals surface area (Å²) in [5, 5.41) is 2.71. The van der Waals surface area contributed by atoms with Crippen LogP contribution in [0, 0.1) is 0 Å². The van der Waals surface area contributed by atoms with Gasteiger partial charge in [-0.3, -0.25) is 0 Å². The molecule has 0 fully saturated rings. The molecule has 0 aliphatic carbocycles. The van der Waals surface area contributed by atoms with Gasteiger partial charge in [-0.15, -0.1) is 0 Å². The first-order valence-corrected chi connectivity index (χ1v) is 13.2. The highest BCUT2D eigenvalue weighted by atomic mass is 32.2. The van der Waals surface area contributed by atoms with Crippen LogP contribution in [0.4, 0.5) is 4.79 Å². The summed E-state index contributed by atoms with van der Waals surface area (Å²) >= 11 is 0. The van der Waals surface area contributed by atoms with Gasteiger partial charge in [0.25, 0.3) is 0 Å². The van der Waals surface area contributed by atoms with Crippen molar-refractivity contribution in [1.29, 1.82) is 0 Å². The van der Waals surface area contributed by atoms with Gasteiger partial charge in [-0.2, -0.15) is 0 Å². The van der Waals surface area contributed by atoms with E-state index in [0.717, 1.165) is 11.1 Å². The van der Waals surface area contributed by atoms with E-state index in [1.165, 1.54) is 25.5 Å². The van der Waals surface area contributed by atoms with E-state index in [4.69, 9.17) is 13.9 Å². The van der Waals surface area contributed by atoms with Gasteiger partial charge in [0, 0.05) is 12.1 Å². The minimum Gasteiger partial charge on any atom is -0.472 e. The Morgan fingerprint density at radius 3 is 2.36 bits per heavy atom. The Labute approximate surface area is 211 Å². The number of nitrogens with one attached hydrogen (secondary N) is 1. The van der Waals surface area contributed by atoms with Crippen LogP contribution in [-0.2, 0) is 31.5 Å².